The van der Waals surface area contributed by atoms with Gasteiger partial charge in [0.2, 0.25) is 11.0 Å². The van der Waals surface area contributed by atoms with Crippen molar-refractivity contribution in [2.45, 2.75) is 50.6 Å². The van der Waals surface area contributed by atoms with Gasteiger partial charge in [0.25, 0.3) is 0 Å². The molecule has 0 saturated carbocycles. The van der Waals surface area contributed by atoms with Gasteiger partial charge in [0.15, 0.2) is 0 Å². The molecule has 0 radical (unpaired) electrons. The maximum atomic E-state index is 12.4. The number of ether oxygens (including phenoxy) is 1. The van der Waals surface area contributed by atoms with Crippen LogP contribution in [0.25, 0.3) is 0 Å². The number of piperidine rings is 1. The maximum absolute atomic E-state index is 12.4. The molecule has 2 fully saturated rings. The number of rotatable bonds is 6. The molecule has 27 heavy (non-hydrogen) atoms. The summed E-state index contributed by atoms with van der Waals surface area (Å²) in [7, 11) is 1.66. The molecule has 1 amide bonds. The number of halogens is 1. The number of amides is 1. The summed E-state index contributed by atoms with van der Waals surface area (Å²) in [5.41, 5.74) is 1.11. The Morgan fingerprint density at radius 2 is 2.07 bits per heavy atom. The number of carbonyl (C=O) groups is 1. The number of anilines is 1. The van der Waals surface area contributed by atoms with Crippen LogP contribution in [0.15, 0.2) is 24.3 Å². The standard InChI is InChI=1S/C19H24N4O2S.ClH/c1-25-16-4-2-3-12(9-16)11-18-22-23-19(26-18)21-17(24)10-13-7-14-5-6-15(8-13)20-14;/h2-4,9,13-15,20H,5-8,10-11H2,1H3,(H,21,23,24);1H. The molecule has 3 heterocycles. The first-order valence-electron chi connectivity index (χ1n) is 9.19. The maximum Gasteiger partial charge on any atom is 0.226 e. The molecule has 2 atom stereocenters. The van der Waals surface area contributed by atoms with Crippen LogP contribution in [0.3, 0.4) is 0 Å². The summed E-state index contributed by atoms with van der Waals surface area (Å²) in [6, 6.07) is 9.13. The van der Waals surface area contributed by atoms with Crippen LogP contribution in [0.1, 0.15) is 42.7 Å². The molecule has 2 aromatic rings. The lowest BCUT2D eigenvalue weighted by molar-refractivity contribution is -0.117. The van der Waals surface area contributed by atoms with E-state index in [1.807, 2.05) is 24.3 Å². The average Bonchev–Trinajstić information content (AvgIpc) is 3.20. The molecule has 8 heteroatoms. The molecule has 146 valence electrons. The minimum absolute atomic E-state index is 0. The highest BCUT2D eigenvalue weighted by Gasteiger charge is 2.34. The predicted octanol–water partition coefficient (Wildman–Crippen LogP) is 3.42. The zero-order valence-electron chi connectivity index (χ0n) is 15.3. The van der Waals surface area contributed by atoms with Gasteiger partial charge >= 0.3 is 0 Å². The van der Waals surface area contributed by atoms with Gasteiger partial charge in [-0.25, -0.2) is 0 Å². The second-order valence-corrected chi connectivity index (χ2v) is 8.32. The molecule has 2 aliphatic rings. The van der Waals surface area contributed by atoms with E-state index in [4.69, 9.17) is 4.74 Å². The van der Waals surface area contributed by atoms with E-state index in [1.165, 1.54) is 24.2 Å². The Kier molecular flexibility index (Phi) is 6.68. The summed E-state index contributed by atoms with van der Waals surface area (Å²) in [5, 5.41) is 16.3. The summed E-state index contributed by atoms with van der Waals surface area (Å²) in [6.07, 6.45) is 6.00. The van der Waals surface area contributed by atoms with Crippen molar-refractivity contribution in [3.8, 4) is 5.75 Å². The molecule has 2 bridgehead atoms. The molecule has 2 saturated heterocycles. The summed E-state index contributed by atoms with van der Waals surface area (Å²) < 4.78 is 5.25. The number of fused-ring (bicyclic) bond motifs is 2. The average molecular weight is 409 g/mol. The van der Waals surface area contributed by atoms with E-state index in [0.717, 1.165) is 29.2 Å². The fraction of sp³-hybridized carbons (Fsp3) is 0.526. The number of nitrogens with one attached hydrogen (secondary N) is 2. The number of hydrogen-bond donors (Lipinski definition) is 2. The van der Waals surface area contributed by atoms with Crippen molar-refractivity contribution < 1.29 is 9.53 Å². The van der Waals surface area contributed by atoms with Crippen LogP contribution in [0.4, 0.5) is 5.13 Å². The topological polar surface area (TPSA) is 76.1 Å². The van der Waals surface area contributed by atoms with Gasteiger partial charge in [-0.05, 0) is 49.3 Å². The zero-order chi connectivity index (χ0) is 17.9. The molecule has 2 unspecified atom stereocenters. The Morgan fingerprint density at radius 1 is 1.30 bits per heavy atom. The number of hydrogen-bond acceptors (Lipinski definition) is 6. The number of nitrogens with zero attached hydrogens (tertiary/aromatic N) is 2. The number of methoxy groups -OCH3 is 1. The van der Waals surface area contributed by atoms with E-state index in [9.17, 15) is 4.79 Å². The molecule has 0 aliphatic carbocycles. The Labute approximate surface area is 169 Å². The van der Waals surface area contributed by atoms with Crippen molar-refractivity contribution in [1.29, 1.82) is 0 Å². The molecule has 6 nitrogen and oxygen atoms in total. The lowest BCUT2D eigenvalue weighted by atomic mass is 9.89. The van der Waals surface area contributed by atoms with Crippen molar-refractivity contribution in [2.75, 3.05) is 12.4 Å². The van der Waals surface area contributed by atoms with Crippen LogP contribution in [-0.2, 0) is 11.2 Å². The third kappa shape index (κ3) is 5.18. The molecule has 1 aromatic heterocycles. The molecule has 0 spiro atoms. The summed E-state index contributed by atoms with van der Waals surface area (Å²) in [5.74, 6) is 1.37. The van der Waals surface area contributed by atoms with Gasteiger partial charge in [0.1, 0.15) is 10.8 Å². The van der Waals surface area contributed by atoms with Crippen molar-refractivity contribution in [3.05, 3.63) is 34.8 Å². The third-order valence-electron chi connectivity index (χ3n) is 5.25. The largest absolute Gasteiger partial charge is 0.497 e. The Balaban J connectivity index is 0.00000210. The van der Waals surface area contributed by atoms with E-state index in [2.05, 4.69) is 20.8 Å². The summed E-state index contributed by atoms with van der Waals surface area (Å²) in [4.78, 5) is 12.4. The number of aromatic nitrogens is 2. The summed E-state index contributed by atoms with van der Waals surface area (Å²) in [6.45, 7) is 0. The van der Waals surface area contributed by atoms with E-state index >= 15 is 0 Å². The van der Waals surface area contributed by atoms with E-state index in [1.54, 1.807) is 7.11 Å². The van der Waals surface area contributed by atoms with E-state index in [-0.39, 0.29) is 18.3 Å². The van der Waals surface area contributed by atoms with E-state index < -0.39 is 0 Å². The van der Waals surface area contributed by atoms with Crippen molar-refractivity contribution >= 4 is 34.8 Å². The van der Waals surface area contributed by atoms with Crippen molar-refractivity contribution in [2.24, 2.45) is 5.92 Å². The van der Waals surface area contributed by atoms with Crippen LogP contribution in [0, 0.1) is 5.92 Å². The monoisotopic (exact) mass is 408 g/mol. The zero-order valence-corrected chi connectivity index (χ0v) is 16.9. The van der Waals surface area contributed by atoms with Crippen LogP contribution in [0.5, 0.6) is 5.75 Å². The van der Waals surface area contributed by atoms with Gasteiger partial charge in [-0.1, -0.05) is 23.5 Å². The van der Waals surface area contributed by atoms with Crippen LogP contribution >= 0.6 is 23.7 Å². The highest BCUT2D eigenvalue weighted by atomic mass is 35.5. The smallest absolute Gasteiger partial charge is 0.226 e. The summed E-state index contributed by atoms with van der Waals surface area (Å²) >= 11 is 1.44. The first-order valence-corrected chi connectivity index (χ1v) is 10.0. The van der Waals surface area contributed by atoms with Crippen molar-refractivity contribution in [1.82, 2.24) is 15.5 Å². The molecule has 1 aromatic carbocycles. The molecule has 2 N–H and O–H groups in total. The van der Waals surface area contributed by atoms with Gasteiger partial charge < -0.3 is 15.4 Å². The minimum Gasteiger partial charge on any atom is -0.497 e. The SMILES string of the molecule is COc1cccc(Cc2nnc(NC(=O)CC3CC4CCC(C3)N4)s2)c1.Cl. The van der Waals surface area contributed by atoms with Crippen LogP contribution in [-0.4, -0.2) is 35.3 Å². The lowest BCUT2D eigenvalue weighted by Crippen LogP contribution is -2.39. The van der Waals surface area contributed by atoms with Gasteiger partial charge in [-0.3, -0.25) is 4.79 Å². The molecule has 2 aliphatic heterocycles. The molecule has 4 rings (SSSR count). The van der Waals surface area contributed by atoms with Gasteiger partial charge in [-0.2, -0.15) is 0 Å². The Morgan fingerprint density at radius 3 is 2.81 bits per heavy atom. The first kappa shape index (κ1) is 20.0. The first-order chi connectivity index (χ1) is 12.7. The van der Waals surface area contributed by atoms with Gasteiger partial charge in [-0.15, -0.1) is 22.6 Å². The Hall–Kier alpha value is -1.70. The van der Waals surface area contributed by atoms with Gasteiger partial charge in [0, 0.05) is 24.9 Å². The third-order valence-corrected chi connectivity index (χ3v) is 6.09. The second kappa shape index (κ2) is 8.99. The van der Waals surface area contributed by atoms with Crippen LogP contribution < -0.4 is 15.4 Å². The Bertz CT molecular complexity index is 773. The van der Waals surface area contributed by atoms with E-state index in [0.29, 0.717) is 36.0 Å². The molecular formula is C19H25ClN4O2S. The fourth-order valence-corrected chi connectivity index (χ4v) is 4.90. The quantitative estimate of drug-likeness (QED) is 0.765. The normalized spacial score (nSPS) is 23.5. The number of carbonyl (C=O) groups excluding carboxylic acids is 1. The number of benzene rings is 1. The molecular weight excluding hydrogens is 384 g/mol. The lowest BCUT2D eigenvalue weighted by Gasteiger charge is -2.28. The highest BCUT2D eigenvalue weighted by molar-refractivity contribution is 7.15. The minimum atomic E-state index is 0. The van der Waals surface area contributed by atoms with Crippen molar-refractivity contribution in [3.63, 3.8) is 0 Å². The second-order valence-electron chi connectivity index (χ2n) is 7.26. The fourth-order valence-electron chi connectivity index (χ4n) is 4.11. The van der Waals surface area contributed by atoms with Gasteiger partial charge in [0.05, 0.1) is 7.11 Å². The van der Waals surface area contributed by atoms with Crippen LogP contribution in [0.2, 0.25) is 0 Å². The highest BCUT2D eigenvalue weighted by Crippen LogP contribution is 2.33. The predicted molar refractivity (Wildman–Crippen MR) is 109 cm³/mol.